The lowest BCUT2D eigenvalue weighted by Gasteiger charge is -2.18. The Kier molecular flexibility index (Phi) is 6.31. The van der Waals surface area contributed by atoms with E-state index in [4.69, 9.17) is 4.74 Å². The molecule has 3 rings (SSSR count). The Balaban J connectivity index is 1.62. The predicted molar refractivity (Wildman–Crippen MR) is 107 cm³/mol. The summed E-state index contributed by atoms with van der Waals surface area (Å²) < 4.78 is 5.42. The number of hydrogen-bond donors (Lipinski definition) is 2. The zero-order chi connectivity index (χ0) is 20.1. The SMILES string of the molecule is CN(C)CCC[C@H](NC(=O)OCC1c2ccccc2-c2ccccc21)C(=O)O. The highest BCUT2D eigenvalue weighted by atomic mass is 16.5. The number of carbonyl (C=O) groups is 2. The summed E-state index contributed by atoms with van der Waals surface area (Å²) in [5.74, 6) is -1.09. The molecular weight excluding hydrogens is 356 g/mol. The number of ether oxygens (including phenoxy) is 1. The third-order valence-electron chi connectivity index (χ3n) is 5.03. The van der Waals surface area contributed by atoms with Gasteiger partial charge in [-0.1, -0.05) is 48.5 Å². The monoisotopic (exact) mass is 382 g/mol. The second-order valence-electron chi connectivity index (χ2n) is 7.31. The lowest BCUT2D eigenvalue weighted by atomic mass is 9.98. The Morgan fingerprint density at radius 2 is 1.64 bits per heavy atom. The maximum Gasteiger partial charge on any atom is 0.407 e. The maximum atomic E-state index is 12.2. The van der Waals surface area contributed by atoms with Gasteiger partial charge >= 0.3 is 12.1 Å². The number of carboxylic acids is 1. The second-order valence-corrected chi connectivity index (χ2v) is 7.31. The summed E-state index contributed by atoms with van der Waals surface area (Å²) in [6.45, 7) is 0.931. The molecule has 28 heavy (non-hydrogen) atoms. The topological polar surface area (TPSA) is 78.9 Å². The molecule has 1 aliphatic rings. The minimum Gasteiger partial charge on any atom is -0.480 e. The van der Waals surface area contributed by atoms with Crippen LogP contribution in [-0.2, 0) is 9.53 Å². The van der Waals surface area contributed by atoms with Gasteiger partial charge in [0.15, 0.2) is 0 Å². The van der Waals surface area contributed by atoms with Gasteiger partial charge in [-0.15, -0.1) is 0 Å². The number of rotatable bonds is 8. The van der Waals surface area contributed by atoms with E-state index in [1.54, 1.807) is 0 Å². The number of aliphatic carboxylic acids is 1. The van der Waals surface area contributed by atoms with Gasteiger partial charge in [0.1, 0.15) is 12.6 Å². The first-order chi connectivity index (χ1) is 13.5. The van der Waals surface area contributed by atoms with E-state index in [1.165, 1.54) is 0 Å². The van der Waals surface area contributed by atoms with E-state index in [2.05, 4.69) is 17.4 Å². The summed E-state index contributed by atoms with van der Waals surface area (Å²) in [5, 5.41) is 11.8. The van der Waals surface area contributed by atoms with Gasteiger partial charge in [-0.05, 0) is 55.7 Å². The molecule has 2 aromatic carbocycles. The summed E-state index contributed by atoms with van der Waals surface area (Å²) in [6.07, 6.45) is 0.338. The molecule has 0 radical (unpaired) electrons. The van der Waals surface area contributed by atoms with Crippen molar-refractivity contribution in [3.05, 3.63) is 59.7 Å². The quantitative estimate of drug-likeness (QED) is 0.732. The van der Waals surface area contributed by atoms with E-state index in [1.807, 2.05) is 55.4 Å². The summed E-state index contributed by atoms with van der Waals surface area (Å²) in [5.41, 5.74) is 4.55. The fourth-order valence-corrected chi connectivity index (χ4v) is 3.65. The first-order valence-electron chi connectivity index (χ1n) is 9.46. The molecule has 1 atom stereocenters. The van der Waals surface area contributed by atoms with E-state index in [0.717, 1.165) is 28.8 Å². The number of alkyl carbamates (subject to hydrolysis) is 1. The molecule has 2 aromatic rings. The van der Waals surface area contributed by atoms with Crippen LogP contribution in [0.1, 0.15) is 29.9 Å². The Bertz CT molecular complexity index is 804. The lowest BCUT2D eigenvalue weighted by Crippen LogP contribution is -2.41. The maximum absolute atomic E-state index is 12.2. The van der Waals surface area contributed by atoms with Crippen molar-refractivity contribution in [2.45, 2.75) is 24.8 Å². The van der Waals surface area contributed by atoms with Gasteiger partial charge in [0, 0.05) is 5.92 Å². The van der Waals surface area contributed by atoms with E-state index in [-0.39, 0.29) is 12.5 Å². The van der Waals surface area contributed by atoms with Crippen LogP contribution in [0.5, 0.6) is 0 Å². The van der Waals surface area contributed by atoms with Crippen molar-refractivity contribution < 1.29 is 19.4 Å². The van der Waals surface area contributed by atoms with Crippen LogP contribution < -0.4 is 5.32 Å². The van der Waals surface area contributed by atoms with Gasteiger partial charge in [-0.3, -0.25) is 0 Å². The van der Waals surface area contributed by atoms with Crippen molar-refractivity contribution in [1.82, 2.24) is 10.2 Å². The molecule has 0 aromatic heterocycles. The lowest BCUT2D eigenvalue weighted by molar-refractivity contribution is -0.139. The highest BCUT2D eigenvalue weighted by Gasteiger charge is 2.29. The Hall–Kier alpha value is -2.86. The zero-order valence-corrected chi connectivity index (χ0v) is 16.2. The number of nitrogens with zero attached hydrogens (tertiary/aromatic N) is 1. The van der Waals surface area contributed by atoms with E-state index >= 15 is 0 Å². The molecule has 0 fully saturated rings. The molecule has 2 N–H and O–H groups in total. The van der Waals surface area contributed by atoms with Crippen LogP contribution in [0, 0.1) is 0 Å². The van der Waals surface area contributed by atoms with Crippen LogP contribution in [-0.4, -0.2) is 55.4 Å². The van der Waals surface area contributed by atoms with Crippen LogP contribution in [0.3, 0.4) is 0 Å². The first-order valence-corrected chi connectivity index (χ1v) is 9.46. The molecule has 0 unspecified atom stereocenters. The molecule has 0 saturated carbocycles. The molecule has 0 spiro atoms. The van der Waals surface area contributed by atoms with Crippen LogP contribution in [0.2, 0.25) is 0 Å². The molecule has 0 heterocycles. The molecule has 148 valence electrons. The van der Waals surface area contributed by atoms with Gasteiger partial charge in [0.2, 0.25) is 0 Å². The third kappa shape index (κ3) is 4.51. The number of fused-ring (bicyclic) bond motifs is 3. The van der Waals surface area contributed by atoms with Crippen LogP contribution in [0.15, 0.2) is 48.5 Å². The average molecular weight is 382 g/mol. The molecule has 1 aliphatic carbocycles. The average Bonchev–Trinajstić information content (AvgIpc) is 2.99. The van der Waals surface area contributed by atoms with Gasteiger partial charge in [-0.2, -0.15) is 0 Å². The second kappa shape index (κ2) is 8.89. The Morgan fingerprint density at radius 1 is 1.07 bits per heavy atom. The number of benzene rings is 2. The predicted octanol–water partition coefficient (Wildman–Crippen LogP) is 3.32. The van der Waals surface area contributed by atoms with E-state index in [9.17, 15) is 14.7 Å². The van der Waals surface area contributed by atoms with Crippen molar-refractivity contribution in [2.75, 3.05) is 27.2 Å². The number of carbonyl (C=O) groups excluding carboxylic acids is 1. The summed E-state index contributed by atoms with van der Waals surface area (Å²) in [7, 11) is 3.85. The number of amides is 1. The summed E-state index contributed by atoms with van der Waals surface area (Å²) in [4.78, 5) is 25.6. The molecule has 6 nitrogen and oxygen atoms in total. The van der Waals surface area contributed by atoms with E-state index < -0.39 is 18.1 Å². The van der Waals surface area contributed by atoms with Crippen molar-refractivity contribution in [3.63, 3.8) is 0 Å². The number of nitrogens with one attached hydrogen (secondary N) is 1. The Labute approximate surface area is 165 Å². The van der Waals surface area contributed by atoms with Crippen LogP contribution >= 0.6 is 0 Å². The standard InChI is InChI=1S/C22H26N2O4/c1-24(2)13-7-12-20(21(25)26)23-22(27)28-14-19-17-10-5-3-8-15(17)16-9-4-6-11-18(16)19/h3-6,8-11,19-20H,7,12-14H2,1-2H3,(H,23,27)(H,25,26)/t20-/m0/s1. The smallest absolute Gasteiger partial charge is 0.407 e. The van der Waals surface area contributed by atoms with Gasteiger partial charge in [-0.25, -0.2) is 9.59 Å². The van der Waals surface area contributed by atoms with Gasteiger partial charge in [0.05, 0.1) is 0 Å². The van der Waals surface area contributed by atoms with Gasteiger partial charge in [0.25, 0.3) is 0 Å². The van der Waals surface area contributed by atoms with Crippen molar-refractivity contribution in [1.29, 1.82) is 0 Å². The number of carboxylic acid groups (broad SMARTS) is 1. The largest absolute Gasteiger partial charge is 0.480 e. The first kappa shape index (κ1) is 19.9. The molecular formula is C22H26N2O4. The highest BCUT2D eigenvalue weighted by Crippen LogP contribution is 2.44. The van der Waals surface area contributed by atoms with Gasteiger partial charge < -0.3 is 20.1 Å². The minimum atomic E-state index is -1.05. The van der Waals surface area contributed by atoms with Crippen LogP contribution in [0.4, 0.5) is 4.79 Å². The molecule has 1 amide bonds. The molecule has 0 saturated heterocycles. The summed E-state index contributed by atoms with van der Waals surface area (Å²) in [6, 6.07) is 15.2. The third-order valence-corrected chi connectivity index (χ3v) is 5.03. The van der Waals surface area contributed by atoms with E-state index in [0.29, 0.717) is 12.8 Å². The summed E-state index contributed by atoms with van der Waals surface area (Å²) >= 11 is 0. The van der Waals surface area contributed by atoms with Crippen LogP contribution in [0.25, 0.3) is 11.1 Å². The minimum absolute atomic E-state index is 0.0461. The normalized spacial score (nSPS) is 13.7. The van der Waals surface area contributed by atoms with Crippen molar-refractivity contribution in [3.8, 4) is 11.1 Å². The molecule has 0 aliphatic heterocycles. The fraction of sp³-hybridized carbons (Fsp3) is 0.364. The molecule has 6 heteroatoms. The highest BCUT2D eigenvalue weighted by molar-refractivity contribution is 5.81. The number of hydrogen-bond acceptors (Lipinski definition) is 4. The Morgan fingerprint density at radius 3 is 2.18 bits per heavy atom. The zero-order valence-electron chi connectivity index (χ0n) is 16.2. The van der Waals surface area contributed by atoms with Crippen molar-refractivity contribution >= 4 is 12.1 Å². The molecule has 0 bridgehead atoms. The fourth-order valence-electron chi connectivity index (χ4n) is 3.65. The van der Waals surface area contributed by atoms with Crippen molar-refractivity contribution in [2.24, 2.45) is 0 Å².